The molecule has 1 aromatic carbocycles. The summed E-state index contributed by atoms with van der Waals surface area (Å²) in [7, 11) is 0. The SMILES string of the molecule is CC(=O)NC(CC(=O)N1CCCNCC1)c1ccc(F)cc1F.Cl. The van der Waals surface area contributed by atoms with Crippen molar-refractivity contribution < 1.29 is 18.4 Å². The highest BCUT2D eigenvalue weighted by molar-refractivity contribution is 5.85. The van der Waals surface area contributed by atoms with Crippen LogP contribution >= 0.6 is 12.4 Å². The van der Waals surface area contributed by atoms with Crippen LogP contribution in [0.4, 0.5) is 8.78 Å². The van der Waals surface area contributed by atoms with E-state index >= 15 is 0 Å². The van der Waals surface area contributed by atoms with E-state index in [0.717, 1.165) is 25.1 Å². The van der Waals surface area contributed by atoms with Crippen LogP contribution in [0.15, 0.2) is 18.2 Å². The van der Waals surface area contributed by atoms with Crippen molar-refractivity contribution in [2.24, 2.45) is 0 Å². The number of hydrogen-bond donors (Lipinski definition) is 2. The lowest BCUT2D eigenvalue weighted by Crippen LogP contribution is -2.38. The van der Waals surface area contributed by atoms with Crippen molar-refractivity contribution in [2.75, 3.05) is 26.2 Å². The van der Waals surface area contributed by atoms with Gasteiger partial charge in [0.15, 0.2) is 0 Å². The topological polar surface area (TPSA) is 61.4 Å². The second-order valence-electron chi connectivity index (χ2n) is 5.61. The number of amides is 2. The summed E-state index contributed by atoms with van der Waals surface area (Å²) in [4.78, 5) is 25.5. The molecule has 0 spiro atoms. The Bertz CT molecular complexity index is 578. The van der Waals surface area contributed by atoms with Gasteiger partial charge in [-0.15, -0.1) is 12.4 Å². The summed E-state index contributed by atoms with van der Waals surface area (Å²) in [5, 5.41) is 5.78. The molecule has 0 aromatic heterocycles. The molecule has 1 atom stereocenters. The van der Waals surface area contributed by atoms with Crippen LogP contribution < -0.4 is 10.6 Å². The molecule has 1 aliphatic rings. The smallest absolute Gasteiger partial charge is 0.225 e. The highest BCUT2D eigenvalue weighted by atomic mass is 35.5. The van der Waals surface area contributed by atoms with Gasteiger partial charge in [-0.25, -0.2) is 8.78 Å². The van der Waals surface area contributed by atoms with Crippen molar-refractivity contribution in [3.05, 3.63) is 35.4 Å². The normalized spacial score (nSPS) is 15.9. The maximum atomic E-state index is 14.0. The summed E-state index contributed by atoms with van der Waals surface area (Å²) in [6, 6.07) is 2.33. The van der Waals surface area contributed by atoms with Gasteiger partial charge in [-0.05, 0) is 19.0 Å². The number of benzene rings is 1. The predicted octanol–water partition coefficient (Wildman–Crippen LogP) is 1.78. The standard InChI is InChI=1S/C16H21F2N3O2.ClH/c1-11(22)20-15(13-4-3-12(17)9-14(13)18)10-16(23)21-7-2-5-19-6-8-21;/h3-4,9,15,19H,2,5-8,10H2,1H3,(H,20,22);1H. The van der Waals surface area contributed by atoms with E-state index in [1.165, 1.54) is 13.0 Å². The molecule has 5 nitrogen and oxygen atoms in total. The van der Waals surface area contributed by atoms with Crippen LogP contribution in [0.2, 0.25) is 0 Å². The minimum atomic E-state index is -0.809. The zero-order chi connectivity index (χ0) is 16.8. The maximum absolute atomic E-state index is 14.0. The Morgan fingerprint density at radius 2 is 2.04 bits per heavy atom. The molecule has 0 saturated carbocycles. The Hall–Kier alpha value is -1.73. The predicted molar refractivity (Wildman–Crippen MR) is 88.8 cm³/mol. The maximum Gasteiger partial charge on any atom is 0.225 e. The summed E-state index contributed by atoms with van der Waals surface area (Å²) in [6.07, 6.45) is 0.795. The van der Waals surface area contributed by atoms with Crippen LogP contribution in [0.5, 0.6) is 0 Å². The Labute approximate surface area is 146 Å². The average molecular weight is 362 g/mol. The molecule has 1 saturated heterocycles. The molecular weight excluding hydrogens is 340 g/mol. The fourth-order valence-electron chi connectivity index (χ4n) is 2.67. The first kappa shape index (κ1) is 20.3. The molecule has 2 amide bonds. The quantitative estimate of drug-likeness (QED) is 0.859. The Balaban J connectivity index is 0.00000288. The third-order valence-corrected chi connectivity index (χ3v) is 3.79. The number of rotatable bonds is 4. The highest BCUT2D eigenvalue weighted by Crippen LogP contribution is 2.22. The van der Waals surface area contributed by atoms with Gasteiger partial charge in [0.05, 0.1) is 12.5 Å². The van der Waals surface area contributed by atoms with Gasteiger partial charge in [-0.3, -0.25) is 9.59 Å². The largest absolute Gasteiger partial charge is 0.349 e. The van der Waals surface area contributed by atoms with E-state index < -0.39 is 17.7 Å². The van der Waals surface area contributed by atoms with E-state index in [2.05, 4.69) is 10.6 Å². The van der Waals surface area contributed by atoms with E-state index in [4.69, 9.17) is 0 Å². The minimum Gasteiger partial charge on any atom is -0.349 e. The lowest BCUT2D eigenvalue weighted by Gasteiger charge is -2.24. The molecule has 8 heteroatoms. The molecule has 134 valence electrons. The summed E-state index contributed by atoms with van der Waals surface area (Å²) in [5.74, 6) is -1.99. The number of hydrogen-bond acceptors (Lipinski definition) is 3. The lowest BCUT2D eigenvalue weighted by molar-refractivity contribution is -0.131. The third-order valence-electron chi connectivity index (χ3n) is 3.79. The van der Waals surface area contributed by atoms with E-state index in [9.17, 15) is 18.4 Å². The average Bonchev–Trinajstić information content (AvgIpc) is 2.75. The Kier molecular flexibility index (Phi) is 8.07. The van der Waals surface area contributed by atoms with Crippen molar-refractivity contribution in [1.29, 1.82) is 0 Å². The second kappa shape index (κ2) is 9.54. The van der Waals surface area contributed by atoms with E-state index in [1.807, 2.05) is 0 Å². The Morgan fingerprint density at radius 3 is 2.71 bits per heavy atom. The van der Waals surface area contributed by atoms with Crippen molar-refractivity contribution in [3.8, 4) is 0 Å². The minimum absolute atomic E-state index is 0. The van der Waals surface area contributed by atoms with E-state index in [-0.39, 0.29) is 36.2 Å². The molecule has 1 aromatic rings. The van der Waals surface area contributed by atoms with E-state index in [0.29, 0.717) is 19.6 Å². The second-order valence-corrected chi connectivity index (χ2v) is 5.61. The lowest BCUT2D eigenvalue weighted by atomic mass is 10.0. The number of nitrogens with zero attached hydrogens (tertiary/aromatic N) is 1. The molecule has 1 fully saturated rings. The zero-order valence-corrected chi connectivity index (χ0v) is 14.3. The molecule has 1 aliphatic heterocycles. The van der Waals surface area contributed by atoms with Gasteiger partial charge in [0.1, 0.15) is 11.6 Å². The first-order valence-electron chi connectivity index (χ1n) is 7.68. The molecule has 0 aliphatic carbocycles. The van der Waals surface area contributed by atoms with Gasteiger partial charge < -0.3 is 15.5 Å². The Morgan fingerprint density at radius 1 is 1.29 bits per heavy atom. The third kappa shape index (κ3) is 5.72. The van der Waals surface area contributed by atoms with Crippen molar-refractivity contribution in [2.45, 2.75) is 25.8 Å². The van der Waals surface area contributed by atoms with Crippen LogP contribution in [0, 0.1) is 11.6 Å². The number of nitrogens with one attached hydrogen (secondary N) is 2. The van der Waals surface area contributed by atoms with Crippen molar-refractivity contribution in [3.63, 3.8) is 0 Å². The summed E-state index contributed by atoms with van der Waals surface area (Å²) >= 11 is 0. The van der Waals surface area contributed by atoms with Gasteiger partial charge in [0.2, 0.25) is 11.8 Å². The van der Waals surface area contributed by atoms with E-state index in [1.54, 1.807) is 4.90 Å². The molecule has 1 heterocycles. The van der Waals surface area contributed by atoms with Gasteiger partial charge in [-0.2, -0.15) is 0 Å². The molecule has 2 rings (SSSR count). The summed E-state index contributed by atoms with van der Waals surface area (Å²) < 4.78 is 27.0. The van der Waals surface area contributed by atoms with Crippen LogP contribution in [-0.4, -0.2) is 42.9 Å². The summed E-state index contributed by atoms with van der Waals surface area (Å²) in [5.41, 5.74) is 0.114. The monoisotopic (exact) mass is 361 g/mol. The molecule has 1 unspecified atom stereocenters. The molecule has 24 heavy (non-hydrogen) atoms. The molecule has 0 bridgehead atoms. The van der Waals surface area contributed by atoms with Crippen LogP contribution in [0.3, 0.4) is 0 Å². The molecular formula is C16H22ClF2N3O2. The number of carbonyl (C=O) groups excluding carboxylic acids is 2. The number of halogens is 3. The highest BCUT2D eigenvalue weighted by Gasteiger charge is 2.24. The molecule has 0 radical (unpaired) electrons. The first-order valence-corrected chi connectivity index (χ1v) is 7.68. The first-order chi connectivity index (χ1) is 11.0. The summed E-state index contributed by atoms with van der Waals surface area (Å²) in [6.45, 7) is 4.07. The molecule has 2 N–H and O–H groups in total. The van der Waals surface area contributed by atoms with Crippen molar-refractivity contribution in [1.82, 2.24) is 15.5 Å². The fraction of sp³-hybridized carbons (Fsp3) is 0.500. The zero-order valence-electron chi connectivity index (χ0n) is 13.5. The number of carbonyl (C=O) groups is 2. The van der Waals surface area contributed by atoms with Gasteiger partial charge >= 0.3 is 0 Å². The van der Waals surface area contributed by atoms with Gasteiger partial charge in [0.25, 0.3) is 0 Å². The van der Waals surface area contributed by atoms with Crippen LogP contribution in [0.25, 0.3) is 0 Å². The fourth-order valence-corrected chi connectivity index (χ4v) is 2.67. The van der Waals surface area contributed by atoms with Crippen LogP contribution in [0.1, 0.15) is 31.4 Å². The van der Waals surface area contributed by atoms with Gasteiger partial charge in [-0.1, -0.05) is 6.07 Å². The van der Waals surface area contributed by atoms with Crippen molar-refractivity contribution >= 4 is 24.2 Å². The van der Waals surface area contributed by atoms with Crippen LogP contribution in [-0.2, 0) is 9.59 Å². The van der Waals surface area contributed by atoms with Gasteiger partial charge in [0, 0.05) is 38.2 Å².